The summed E-state index contributed by atoms with van der Waals surface area (Å²) in [5.41, 5.74) is 1.59. The quantitative estimate of drug-likeness (QED) is 0.718. The van der Waals surface area contributed by atoms with Crippen molar-refractivity contribution in [3.05, 3.63) is 23.8 Å². The van der Waals surface area contributed by atoms with Gasteiger partial charge in [0, 0.05) is 13.2 Å². The van der Waals surface area contributed by atoms with E-state index in [9.17, 15) is 4.79 Å². The van der Waals surface area contributed by atoms with Gasteiger partial charge in [-0.15, -0.1) is 0 Å². The van der Waals surface area contributed by atoms with Gasteiger partial charge in [0.1, 0.15) is 12.0 Å². The molecule has 0 spiro atoms. The molecule has 0 atom stereocenters. The van der Waals surface area contributed by atoms with Crippen LogP contribution in [0, 0.1) is 6.92 Å². The van der Waals surface area contributed by atoms with Gasteiger partial charge in [-0.1, -0.05) is 0 Å². The predicted octanol–water partition coefficient (Wildman–Crippen LogP) is 0.326. The zero-order valence-corrected chi connectivity index (χ0v) is 7.85. The molecule has 2 aromatic rings. The fraction of sp³-hybridized carbons (Fsp3) is 0.222. The van der Waals surface area contributed by atoms with Crippen molar-refractivity contribution in [2.75, 3.05) is 0 Å². The summed E-state index contributed by atoms with van der Waals surface area (Å²) in [6.07, 6.45) is 3.11. The first-order chi connectivity index (χ1) is 6.61. The van der Waals surface area contributed by atoms with Crippen molar-refractivity contribution in [2.45, 2.75) is 6.92 Å². The minimum absolute atomic E-state index is 0. The summed E-state index contributed by atoms with van der Waals surface area (Å²) in [5, 5.41) is 9.53. The number of aryl methyl sites for hydroxylation is 2. The summed E-state index contributed by atoms with van der Waals surface area (Å²) in [5.74, 6) is -1.02. The number of aromatic carboxylic acids is 1. The predicted molar refractivity (Wildman–Crippen MR) is 57.4 cm³/mol. The Morgan fingerprint density at radius 3 is 2.73 bits per heavy atom. The molecule has 0 saturated carbocycles. The van der Waals surface area contributed by atoms with Gasteiger partial charge in [0.25, 0.3) is 0 Å². The standard InChI is InChI=1S/C9H9N3O2.K.H/c1-5-3-12(2)8-6(5)7(9(13)14)10-4-11-8;;/h3-4H,1-2H3,(H,13,14);;. The number of carbonyl (C=O) groups is 1. The van der Waals surface area contributed by atoms with E-state index in [2.05, 4.69) is 9.97 Å². The van der Waals surface area contributed by atoms with Crippen molar-refractivity contribution in [3.63, 3.8) is 0 Å². The van der Waals surface area contributed by atoms with E-state index >= 15 is 0 Å². The summed E-state index contributed by atoms with van der Waals surface area (Å²) in [4.78, 5) is 18.7. The summed E-state index contributed by atoms with van der Waals surface area (Å²) in [6.45, 7) is 1.85. The molecule has 0 aliphatic heterocycles. The molecule has 6 heteroatoms. The first-order valence-corrected chi connectivity index (χ1v) is 4.11. The van der Waals surface area contributed by atoms with Crippen LogP contribution >= 0.6 is 0 Å². The molecule has 0 radical (unpaired) electrons. The molecule has 2 aromatic heterocycles. The molecule has 0 aromatic carbocycles. The van der Waals surface area contributed by atoms with Crippen LogP contribution < -0.4 is 0 Å². The van der Waals surface area contributed by atoms with Crippen LogP contribution in [0.3, 0.4) is 0 Å². The first-order valence-electron chi connectivity index (χ1n) is 4.11. The van der Waals surface area contributed by atoms with E-state index in [4.69, 9.17) is 5.11 Å². The molecule has 0 unspecified atom stereocenters. The Balaban J connectivity index is 0.00000112. The monoisotopic (exact) mass is 231 g/mol. The molecule has 2 heterocycles. The van der Waals surface area contributed by atoms with E-state index in [-0.39, 0.29) is 57.1 Å². The SMILES string of the molecule is Cc1cn(C)c2ncnc(C(=O)O)c12.[KH]. The van der Waals surface area contributed by atoms with Crippen molar-refractivity contribution in [2.24, 2.45) is 7.05 Å². The Morgan fingerprint density at radius 1 is 1.47 bits per heavy atom. The van der Waals surface area contributed by atoms with Gasteiger partial charge in [-0.3, -0.25) is 0 Å². The maximum absolute atomic E-state index is 10.9. The van der Waals surface area contributed by atoms with Crippen LogP contribution in [-0.4, -0.2) is 77.0 Å². The second-order valence-corrected chi connectivity index (χ2v) is 3.15. The van der Waals surface area contributed by atoms with E-state index in [0.717, 1.165) is 5.56 Å². The van der Waals surface area contributed by atoms with Gasteiger partial charge in [0.15, 0.2) is 5.69 Å². The number of carboxylic acids is 1. The summed E-state index contributed by atoms with van der Waals surface area (Å²) in [6, 6.07) is 0. The van der Waals surface area contributed by atoms with Gasteiger partial charge in [0.05, 0.1) is 5.39 Å². The molecule has 2 rings (SSSR count). The molecular formula is C9H10KN3O2. The number of aromatic nitrogens is 3. The van der Waals surface area contributed by atoms with Gasteiger partial charge >= 0.3 is 57.4 Å². The first kappa shape index (κ1) is 12.8. The molecule has 74 valence electrons. The van der Waals surface area contributed by atoms with E-state index in [0.29, 0.717) is 11.0 Å². The molecule has 0 saturated heterocycles. The molecule has 0 fully saturated rings. The number of fused-ring (bicyclic) bond motifs is 1. The second-order valence-electron chi connectivity index (χ2n) is 3.15. The molecule has 1 N–H and O–H groups in total. The van der Waals surface area contributed by atoms with Crippen molar-refractivity contribution < 1.29 is 9.90 Å². The molecule has 0 amide bonds. The van der Waals surface area contributed by atoms with Crippen molar-refractivity contribution in [3.8, 4) is 0 Å². The number of hydrogen-bond donors (Lipinski definition) is 1. The van der Waals surface area contributed by atoms with Crippen LogP contribution in [0.1, 0.15) is 16.1 Å². The Hall–Kier alpha value is -0.274. The Kier molecular flexibility index (Phi) is 4.02. The van der Waals surface area contributed by atoms with Crippen molar-refractivity contribution in [1.82, 2.24) is 14.5 Å². The van der Waals surface area contributed by atoms with E-state index < -0.39 is 5.97 Å². The van der Waals surface area contributed by atoms with E-state index in [1.165, 1.54) is 6.33 Å². The van der Waals surface area contributed by atoms with Gasteiger partial charge in [-0.05, 0) is 12.5 Å². The average molecular weight is 231 g/mol. The Morgan fingerprint density at radius 2 is 2.13 bits per heavy atom. The zero-order chi connectivity index (χ0) is 10.3. The van der Waals surface area contributed by atoms with E-state index in [1.807, 2.05) is 20.2 Å². The fourth-order valence-electron chi connectivity index (χ4n) is 1.59. The maximum atomic E-state index is 10.9. The third-order valence-electron chi connectivity index (χ3n) is 2.15. The van der Waals surface area contributed by atoms with Crippen LogP contribution in [0.4, 0.5) is 0 Å². The van der Waals surface area contributed by atoms with Crippen LogP contribution in [-0.2, 0) is 7.05 Å². The zero-order valence-electron chi connectivity index (χ0n) is 7.85. The van der Waals surface area contributed by atoms with Crippen LogP contribution in [0.5, 0.6) is 0 Å². The van der Waals surface area contributed by atoms with Crippen LogP contribution in [0.2, 0.25) is 0 Å². The molecule has 5 nitrogen and oxygen atoms in total. The fourth-order valence-corrected chi connectivity index (χ4v) is 1.59. The van der Waals surface area contributed by atoms with Gasteiger partial charge in [0.2, 0.25) is 0 Å². The Bertz CT molecular complexity index is 521. The van der Waals surface area contributed by atoms with Gasteiger partial charge in [-0.25, -0.2) is 14.8 Å². The number of nitrogens with zero attached hydrogens (tertiary/aromatic N) is 3. The Labute approximate surface area is 129 Å². The summed E-state index contributed by atoms with van der Waals surface area (Å²) in [7, 11) is 1.83. The van der Waals surface area contributed by atoms with Crippen LogP contribution in [0.25, 0.3) is 11.0 Å². The van der Waals surface area contributed by atoms with Gasteiger partial charge < -0.3 is 9.67 Å². The third-order valence-corrected chi connectivity index (χ3v) is 2.15. The van der Waals surface area contributed by atoms with E-state index in [1.54, 1.807) is 4.57 Å². The minimum atomic E-state index is -1.02. The summed E-state index contributed by atoms with van der Waals surface area (Å²) >= 11 is 0. The number of hydrogen-bond acceptors (Lipinski definition) is 3. The summed E-state index contributed by atoms with van der Waals surface area (Å²) < 4.78 is 1.79. The number of rotatable bonds is 1. The normalized spacial score (nSPS) is 10.0. The van der Waals surface area contributed by atoms with Crippen molar-refractivity contribution >= 4 is 68.4 Å². The molecule has 0 aliphatic carbocycles. The van der Waals surface area contributed by atoms with Crippen molar-refractivity contribution in [1.29, 1.82) is 0 Å². The van der Waals surface area contributed by atoms with Gasteiger partial charge in [-0.2, -0.15) is 0 Å². The molecular weight excluding hydrogens is 221 g/mol. The molecule has 15 heavy (non-hydrogen) atoms. The second kappa shape index (κ2) is 4.71. The third kappa shape index (κ3) is 2.14. The molecule has 0 aliphatic rings. The topological polar surface area (TPSA) is 68.0 Å². The molecule has 0 bridgehead atoms. The average Bonchev–Trinajstić information content (AvgIpc) is 2.43. The number of carboxylic acid groups (broad SMARTS) is 1. The van der Waals surface area contributed by atoms with Crippen LogP contribution in [0.15, 0.2) is 12.5 Å².